The van der Waals surface area contributed by atoms with Gasteiger partial charge in [-0.25, -0.2) is 0 Å². The van der Waals surface area contributed by atoms with E-state index in [1.54, 1.807) is 0 Å². The predicted molar refractivity (Wildman–Crippen MR) is 93.1 cm³/mol. The van der Waals surface area contributed by atoms with Gasteiger partial charge in [-0.05, 0) is 61.2 Å². The Kier molecular flexibility index (Phi) is 4.04. The summed E-state index contributed by atoms with van der Waals surface area (Å²) in [4.78, 5) is 14.6. The fraction of sp³-hybridized carbons (Fsp3) is 0.450. The molecule has 2 fully saturated rings. The minimum atomic E-state index is 0.225. The highest BCUT2D eigenvalue weighted by Crippen LogP contribution is 2.24. The zero-order valence-corrected chi connectivity index (χ0v) is 13.5. The van der Waals surface area contributed by atoms with Gasteiger partial charge in [-0.15, -0.1) is 0 Å². The van der Waals surface area contributed by atoms with Crippen LogP contribution < -0.4 is 5.32 Å². The molecule has 23 heavy (non-hydrogen) atoms. The van der Waals surface area contributed by atoms with Crippen LogP contribution in [0.25, 0.3) is 10.8 Å². The van der Waals surface area contributed by atoms with Crippen molar-refractivity contribution in [1.29, 1.82) is 0 Å². The van der Waals surface area contributed by atoms with Crippen LogP contribution in [0.5, 0.6) is 0 Å². The zero-order valence-electron chi connectivity index (χ0n) is 13.5. The smallest absolute Gasteiger partial charge is 0.223 e. The quantitative estimate of drug-likeness (QED) is 0.939. The number of nitrogens with zero attached hydrogens (tertiary/aromatic N) is 1. The Balaban J connectivity index is 1.33. The van der Waals surface area contributed by atoms with E-state index in [0.717, 1.165) is 32.5 Å². The van der Waals surface area contributed by atoms with Crippen LogP contribution in [-0.2, 0) is 11.3 Å². The molecule has 2 aliphatic rings. The van der Waals surface area contributed by atoms with Gasteiger partial charge in [0.2, 0.25) is 5.91 Å². The van der Waals surface area contributed by atoms with Crippen molar-refractivity contribution < 1.29 is 4.79 Å². The Bertz CT molecular complexity index is 700. The van der Waals surface area contributed by atoms with Crippen LogP contribution >= 0.6 is 0 Å². The fourth-order valence-corrected chi connectivity index (χ4v) is 3.50. The predicted octanol–water partition coefficient (Wildman–Crippen LogP) is 3.33. The highest BCUT2D eigenvalue weighted by molar-refractivity contribution is 5.83. The molecule has 2 aromatic carbocycles. The highest BCUT2D eigenvalue weighted by atomic mass is 16.2. The first-order chi connectivity index (χ1) is 11.3. The topological polar surface area (TPSA) is 32.3 Å². The summed E-state index contributed by atoms with van der Waals surface area (Å²) >= 11 is 0. The van der Waals surface area contributed by atoms with Crippen LogP contribution in [-0.4, -0.2) is 29.9 Å². The molecule has 0 unspecified atom stereocenters. The normalized spacial score (nSPS) is 19.8. The van der Waals surface area contributed by atoms with Crippen LogP contribution in [0.1, 0.15) is 31.2 Å². The molecule has 0 atom stereocenters. The Morgan fingerprint density at radius 3 is 2.48 bits per heavy atom. The molecular formula is C20H24N2O. The summed E-state index contributed by atoms with van der Waals surface area (Å²) in [5, 5.41) is 5.76. The maximum Gasteiger partial charge on any atom is 0.223 e. The van der Waals surface area contributed by atoms with Crippen molar-refractivity contribution in [3.63, 3.8) is 0 Å². The number of amides is 1. The molecule has 1 saturated heterocycles. The summed E-state index contributed by atoms with van der Waals surface area (Å²) in [6.07, 6.45) is 4.33. The van der Waals surface area contributed by atoms with Gasteiger partial charge in [0, 0.05) is 18.5 Å². The highest BCUT2D eigenvalue weighted by Gasteiger charge is 2.29. The van der Waals surface area contributed by atoms with E-state index in [1.807, 2.05) is 0 Å². The molecule has 3 nitrogen and oxygen atoms in total. The maximum atomic E-state index is 12.1. The van der Waals surface area contributed by atoms with Gasteiger partial charge in [0.25, 0.3) is 0 Å². The Morgan fingerprint density at radius 1 is 1.00 bits per heavy atom. The molecule has 3 heteroatoms. The SMILES string of the molecule is O=C(NC1CC1)C1CCN(Cc2ccc3ccccc3c2)CC1. The van der Waals surface area contributed by atoms with E-state index in [1.165, 1.54) is 29.2 Å². The summed E-state index contributed by atoms with van der Waals surface area (Å²) < 4.78 is 0. The standard InChI is InChI=1S/C20H24N2O/c23-20(21-19-7-8-19)17-9-11-22(12-10-17)14-15-5-6-16-3-1-2-4-18(16)13-15/h1-6,13,17,19H,7-12,14H2,(H,21,23). The first-order valence-electron chi connectivity index (χ1n) is 8.78. The molecule has 0 aromatic heterocycles. The van der Waals surface area contributed by atoms with Gasteiger partial charge < -0.3 is 5.32 Å². The molecule has 0 radical (unpaired) electrons. The molecule has 1 amide bonds. The molecule has 2 aromatic rings. The van der Waals surface area contributed by atoms with E-state index in [0.29, 0.717) is 6.04 Å². The number of fused-ring (bicyclic) bond motifs is 1. The monoisotopic (exact) mass is 308 g/mol. The van der Waals surface area contributed by atoms with Gasteiger partial charge in [0.15, 0.2) is 0 Å². The summed E-state index contributed by atoms with van der Waals surface area (Å²) in [6.45, 7) is 3.03. The van der Waals surface area contributed by atoms with Crippen LogP contribution in [0.3, 0.4) is 0 Å². The molecule has 1 aliphatic carbocycles. The average Bonchev–Trinajstić information content (AvgIpc) is 3.39. The number of benzene rings is 2. The lowest BCUT2D eigenvalue weighted by atomic mass is 9.95. The van der Waals surface area contributed by atoms with Crippen molar-refractivity contribution in [3.8, 4) is 0 Å². The summed E-state index contributed by atoms with van der Waals surface area (Å²) in [5.74, 6) is 0.515. The second kappa shape index (κ2) is 6.32. The number of piperidine rings is 1. The van der Waals surface area contributed by atoms with Crippen molar-refractivity contribution in [2.45, 2.75) is 38.3 Å². The van der Waals surface area contributed by atoms with Crippen LogP contribution in [0.2, 0.25) is 0 Å². The molecule has 1 saturated carbocycles. The second-order valence-corrected chi connectivity index (χ2v) is 7.01. The van der Waals surface area contributed by atoms with E-state index in [2.05, 4.69) is 52.7 Å². The van der Waals surface area contributed by atoms with E-state index in [-0.39, 0.29) is 11.8 Å². The minimum absolute atomic E-state index is 0.225. The van der Waals surface area contributed by atoms with Gasteiger partial charge in [-0.3, -0.25) is 9.69 Å². The van der Waals surface area contributed by atoms with Gasteiger partial charge >= 0.3 is 0 Å². The first kappa shape index (κ1) is 14.7. The van der Waals surface area contributed by atoms with Crippen molar-refractivity contribution in [2.75, 3.05) is 13.1 Å². The number of likely N-dealkylation sites (tertiary alicyclic amines) is 1. The van der Waals surface area contributed by atoms with E-state index >= 15 is 0 Å². The lowest BCUT2D eigenvalue weighted by molar-refractivity contribution is -0.126. The lowest BCUT2D eigenvalue weighted by Gasteiger charge is -2.31. The van der Waals surface area contributed by atoms with Crippen molar-refractivity contribution >= 4 is 16.7 Å². The third-order valence-corrected chi connectivity index (χ3v) is 5.10. The van der Waals surface area contributed by atoms with E-state index in [9.17, 15) is 4.79 Å². The lowest BCUT2D eigenvalue weighted by Crippen LogP contribution is -2.40. The number of rotatable bonds is 4. The minimum Gasteiger partial charge on any atom is -0.353 e. The Labute approximate surface area is 137 Å². The third kappa shape index (κ3) is 3.56. The molecule has 4 rings (SSSR count). The first-order valence-corrected chi connectivity index (χ1v) is 8.78. The average molecular weight is 308 g/mol. The van der Waals surface area contributed by atoms with E-state index < -0.39 is 0 Å². The molecule has 1 N–H and O–H groups in total. The van der Waals surface area contributed by atoms with Crippen LogP contribution in [0.15, 0.2) is 42.5 Å². The molecule has 0 spiro atoms. The van der Waals surface area contributed by atoms with Crippen LogP contribution in [0, 0.1) is 5.92 Å². The van der Waals surface area contributed by atoms with Crippen molar-refractivity contribution in [1.82, 2.24) is 10.2 Å². The van der Waals surface area contributed by atoms with Crippen molar-refractivity contribution in [2.24, 2.45) is 5.92 Å². The largest absolute Gasteiger partial charge is 0.353 e. The fourth-order valence-electron chi connectivity index (χ4n) is 3.50. The number of nitrogens with one attached hydrogen (secondary N) is 1. The molecule has 1 aliphatic heterocycles. The number of hydrogen-bond acceptors (Lipinski definition) is 2. The Hall–Kier alpha value is -1.87. The van der Waals surface area contributed by atoms with Crippen LogP contribution in [0.4, 0.5) is 0 Å². The third-order valence-electron chi connectivity index (χ3n) is 5.10. The van der Waals surface area contributed by atoms with Gasteiger partial charge in [0.05, 0.1) is 0 Å². The second-order valence-electron chi connectivity index (χ2n) is 7.01. The number of carbonyl (C=O) groups is 1. The molecular weight excluding hydrogens is 284 g/mol. The molecule has 1 heterocycles. The summed E-state index contributed by atoms with van der Waals surface area (Å²) in [5.41, 5.74) is 1.37. The number of hydrogen-bond donors (Lipinski definition) is 1. The van der Waals surface area contributed by atoms with Gasteiger partial charge in [-0.1, -0.05) is 36.4 Å². The molecule has 120 valence electrons. The molecule has 0 bridgehead atoms. The van der Waals surface area contributed by atoms with Gasteiger partial charge in [-0.2, -0.15) is 0 Å². The number of carbonyl (C=O) groups excluding carboxylic acids is 1. The van der Waals surface area contributed by atoms with E-state index in [4.69, 9.17) is 0 Å². The zero-order chi connectivity index (χ0) is 15.6. The maximum absolute atomic E-state index is 12.1. The van der Waals surface area contributed by atoms with Gasteiger partial charge in [0.1, 0.15) is 0 Å². The Morgan fingerprint density at radius 2 is 1.74 bits per heavy atom. The summed E-state index contributed by atoms with van der Waals surface area (Å²) in [6, 6.07) is 15.7. The van der Waals surface area contributed by atoms with Crippen molar-refractivity contribution in [3.05, 3.63) is 48.0 Å². The summed E-state index contributed by atoms with van der Waals surface area (Å²) in [7, 11) is 0.